The lowest BCUT2D eigenvalue weighted by molar-refractivity contribution is -0.145. The second kappa shape index (κ2) is 5.61. The van der Waals surface area contributed by atoms with Gasteiger partial charge in [-0.2, -0.15) is 0 Å². The SMILES string of the molecule is CCNC(C)(COc1ccc2c(c1)CCC2)C(=O)O. The van der Waals surface area contributed by atoms with Gasteiger partial charge in [-0.3, -0.25) is 10.1 Å². The van der Waals surface area contributed by atoms with Crippen LogP contribution < -0.4 is 10.1 Å². The molecule has 0 bridgehead atoms. The summed E-state index contributed by atoms with van der Waals surface area (Å²) in [6.45, 7) is 4.24. The number of aryl methyl sites for hydroxylation is 2. The van der Waals surface area contributed by atoms with E-state index in [-0.39, 0.29) is 6.61 Å². The van der Waals surface area contributed by atoms with Crippen LogP contribution in [-0.4, -0.2) is 29.8 Å². The molecule has 4 nitrogen and oxygen atoms in total. The highest BCUT2D eigenvalue weighted by Gasteiger charge is 2.33. The van der Waals surface area contributed by atoms with Crippen LogP contribution in [0.2, 0.25) is 0 Å². The van der Waals surface area contributed by atoms with Gasteiger partial charge in [0.2, 0.25) is 0 Å². The van der Waals surface area contributed by atoms with Crippen LogP contribution >= 0.6 is 0 Å². The van der Waals surface area contributed by atoms with E-state index in [1.807, 2.05) is 19.1 Å². The Bertz CT molecular complexity index is 472. The number of hydrogen-bond donors (Lipinski definition) is 2. The zero-order valence-electron chi connectivity index (χ0n) is 11.5. The molecule has 0 heterocycles. The van der Waals surface area contributed by atoms with Crippen molar-refractivity contribution in [2.75, 3.05) is 13.2 Å². The molecule has 2 rings (SSSR count). The number of rotatable bonds is 6. The van der Waals surface area contributed by atoms with Crippen molar-refractivity contribution in [2.24, 2.45) is 0 Å². The van der Waals surface area contributed by atoms with Crippen LogP contribution in [0, 0.1) is 0 Å². The minimum absolute atomic E-state index is 0.120. The number of fused-ring (bicyclic) bond motifs is 1. The maximum absolute atomic E-state index is 11.3. The Morgan fingerprint density at radius 3 is 2.84 bits per heavy atom. The van der Waals surface area contributed by atoms with Crippen molar-refractivity contribution in [1.29, 1.82) is 0 Å². The third-order valence-electron chi connectivity index (χ3n) is 3.64. The number of nitrogens with one attached hydrogen (secondary N) is 1. The predicted octanol–water partition coefficient (Wildman–Crippen LogP) is 2.01. The Labute approximate surface area is 113 Å². The molecule has 0 aliphatic heterocycles. The number of ether oxygens (including phenoxy) is 1. The fraction of sp³-hybridized carbons (Fsp3) is 0.533. The highest BCUT2D eigenvalue weighted by Crippen LogP contribution is 2.26. The van der Waals surface area contributed by atoms with Gasteiger partial charge in [-0.1, -0.05) is 13.0 Å². The van der Waals surface area contributed by atoms with Gasteiger partial charge in [-0.05, 0) is 56.0 Å². The van der Waals surface area contributed by atoms with Gasteiger partial charge < -0.3 is 9.84 Å². The largest absolute Gasteiger partial charge is 0.491 e. The van der Waals surface area contributed by atoms with Crippen LogP contribution in [0.1, 0.15) is 31.4 Å². The molecule has 0 fully saturated rings. The summed E-state index contributed by atoms with van der Waals surface area (Å²) in [6, 6.07) is 6.05. The lowest BCUT2D eigenvalue weighted by atomic mass is 10.0. The van der Waals surface area contributed by atoms with Gasteiger partial charge in [-0.25, -0.2) is 0 Å². The van der Waals surface area contributed by atoms with Crippen LogP contribution in [0.3, 0.4) is 0 Å². The minimum atomic E-state index is -1.05. The maximum atomic E-state index is 11.3. The molecule has 2 N–H and O–H groups in total. The third kappa shape index (κ3) is 3.07. The first-order valence-corrected chi connectivity index (χ1v) is 6.78. The van der Waals surface area contributed by atoms with Gasteiger partial charge in [-0.15, -0.1) is 0 Å². The topological polar surface area (TPSA) is 58.6 Å². The van der Waals surface area contributed by atoms with E-state index < -0.39 is 11.5 Å². The van der Waals surface area contributed by atoms with Gasteiger partial charge in [0.05, 0.1) is 0 Å². The first kappa shape index (κ1) is 13.9. The molecule has 0 spiro atoms. The van der Waals surface area contributed by atoms with E-state index in [0.29, 0.717) is 6.54 Å². The number of benzene rings is 1. The summed E-state index contributed by atoms with van der Waals surface area (Å²) in [4.78, 5) is 11.3. The van der Waals surface area contributed by atoms with Crippen molar-refractivity contribution in [1.82, 2.24) is 5.32 Å². The molecule has 104 valence electrons. The summed E-state index contributed by atoms with van der Waals surface area (Å²) in [7, 11) is 0. The molecule has 1 aliphatic rings. The summed E-state index contributed by atoms with van der Waals surface area (Å²) in [6.07, 6.45) is 3.43. The molecule has 0 radical (unpaired) electrons. The number of carboxylic acid groups (broad SMARTS) is 1. The Morgan fingerprint density at radius 2 is 2.16 bits per heavy atom. The van der Waals surface area contributed by atoms with Crippen LogP contribution in [0.15, 0.2) is 18.2 Å². The number of aliphatic carboxylic acids is 1. The smallest absolute Gasteiger partial charge is 0.327 e. The van der Waals surface area contributed by atoms with E-state index in [1.54, 1.807) is 6.92 Å². The Kier molecular flexibility index (Phi) is 4.10. The number of carboxylic acids is 1. The molecule has 1 aromatic rings. The highest BCUT2D eigenvalue weighted by atomic mass is 16.5. The molecule has 1 unspecified atom stereocenters. The normalized spacial score (nSPS) is 16.7. The standard InChI is InChI=1S/C15H21NO3/c1-3-16-15(2,14(17)18)10-19-13-8-7-11-5-4-6-12(11)9-13/h7-9,16H,3-6,10H2,1-2H3,(H,17,18). The number of likely N-dealkylation sites (N-methyl/N-ethyl adjacent to an activating group) is 1. The van der Waals surface area contributed by atoms with E-state index in [9.17, 15) is 9.90 Å². The van der Waals surface area contributed by atoms with Crippen LogP contribution in [0.25, 0.3) is 0 Å². The first-order valence-electron chi connectivity index (χ1n) is 6.78. The molecule has 0 saturated carbocycles. The Morgan fingerprint density at radius 1 is 1.42 bits per heavy atom. The van der Waals surface area contributed by atoms with Crippen molar-refractivity contribution in [3.63, 3.8) is 0 Å². The first-order chi connectivity index (χ1) is 9.05. The molecule has 0 amide bonds. The monoisotopic (exact) mass is 263 g/mol. The fourth-order valence-corrected chi connectivity index (χ4v) is 2.44. The zero-order valence-corrected chi connectivity index (χ0v) is 11.5. The fourth-order valence-electron chi connectivity index (χ4n) is 2.44. The molecule has 0 saturated heterocycles. The quantitative estimate of drug-likeness (QED) is 0.824. The average Bonchev–Trinajstić information content (AvgIpc) is 2.84. The summed E-state index contributed by atoms with van der Waals surface area (Å²) >= 11 is 0. The molecule has 1 aromatic carbocycles. The van der Waals surface area contributed by atoms with Crippen molar-refractivity contribution in [3.8, 4) is 5.75 Å². The zero-order chi connectivity index (χ0) is 13.9. The molecule has 4 heteroatoms. The van der Waals surface area contributed by atoms with Crippen LogP contribution in [0.5, 0.6) is 5.75 Å². The van der Waals surface area contributed by atoms with Gasteiger partial charge in [0.15, 0.2) is 0 Å². The van der Waals surface area contributed by atoms with Gasteiger partial charge in [0.25, 0.3) is 0 Å². The average molecular weight is 263 g/mol. The molecule has 19 heavy (non-hydrogen) atoms. The van der Waals surface area contributed by atoms with E-state index >= 15 is 0 Å². The molecule has 1 atom stereocenters. The molecular formula is C15H21NO3. The van der Waals surface area contributed by atoms with Gasteiger partial charge in [0, 0.05) is 0 Å². The summed E-state index contributed by atoms with van der Waals surface area (Å²) < 4.78 is 5.67. The van der Waals surface area contributed by atoms with Crippen molar-refractivity contribution < 1.29 is 14.6 Å². The lowest BCUT2D eigenvalue weighted by Crippen LogP contribution is -2.53. The summed E-state index contributed by atoms with van der Waals surface area (Å²) in [5.41, 5.74) is 1.67. The van der Waals surface area contributed by atoms with E-state index in [0.717, 1.165) is 18.6 Å². The Balaban J connectivity index is 2.03. The second-order valence-electron chi connectivity index (χ2n) is 5.24. The van der Waals surface area contributed by atoms with E-state index in [2.05, 4.69) is 11.4 Å². The molecule has 1 aliphatic carbocycles. The number of carbonyl (C=O) groups is 1. The third-order valence-corrected chi connectivity index (χ3v) is 3.64. The van der Waals surface area contributed by atoms with Crippen molar-refractivity contribution in [2.45, 2.75) is 38.6 Å². The molecular weight excluding hydrogens is 242 g/mol. The van der Waals surface area contributed by atoms with Gasteiger partial charge >= 0.3 is 5.97 Å². The summed E-state index contributed by atoms with van der Waals surface area (Å²) in [5, 5.41) is 12.2. The maximum Gasteiger partial charge on any atom is 0.327 e. The second-order valence-corrected chi connectivity index (χ2v) is 5.24. The lowest BCUT2D eigenvalue weighted by Gasteiger charge is -2.25. The van der Waals surface area contributed by atoms with E-state index in [1.165, 1.54) is 17.5 Å². The van der Waals surface area contributed by atoms with Crippen LogP contribution in [0.4, 0.5) is 0 Å². The van der Waals surface area contributed by atoms with E-state index in [4.69, 9.17) is 4.74 Å². The number of hydrogen-bond acceptors (Lipinski definition) is 3. The van der Waals surface area contributed by atoms with Crippen molar-refractivity contribution in [3.05, 3.63) is 29.3 Å². The molecule has 0 aromatic heterocycles. The Hall–Kier alpha value is -1.55. The van der Waals surface area contributed by atoms with Crippen molar-refractivity contribution >= 4 is 5.97 Å². The van der Waals surface area contributed by atoms with Gasteiger partial charge in [0.1, 0.15) is 17.9 Å². The predicted molar refractivity (Wildman–Crippen MR) is 73.7 cm³/mol. The highest BCUT2D eigenvalue weighted by molar-refractivity contribution is 5.78. The summed E-state index contributed by atoms with van der Waals surface area (Å²) in [5.74, 6) is -0.137. The van der Waals surface area contributed by atoms with Crippen LogP contribution in [-0.2, 0) is 17.6 Å². The minimum Gasteiger partial charge on any atom is -0.491 e.